The van der Waals surface area contributed by atoms with Crippen molar-refractivity contribution in [2.45, 2.75) is 39.3 Å². The van der Waals surface area contributed by atoms with Crippen molar-refractivity contribution in [1.29, 1.82) is 0 Å². The summed E-state index contributed by atoms with van der Waals surface area (Å²) in [5.41, 5.74) is 0.887. The number of hydrogen-bond acceptors (Lipinski definition) is 5. The molecule has 1 aromatic rings. The lowest BCUT2D eigenvalue weighted by atomic mass is 10.2. The molecule has 18 heavy (non-hydrogen) atoms. The first-order valence-electron chi connectivity index (χ1n) is 6.63. The second kappa shape index (κ2) is 6.75. The number of rotatable bonds is 6. The number of nitrogens with zero attached hydrogens (tertiary/aromatic N) is 1. The van der Waals surface area contributed by atoms with Gasteiger partial charge in [0.15, 0.2) is 0 Å². The van der Waals surface area contributed by atoms with Gasteiger partial charge < -0.3 is 19.2 Å². The zero-order valence-electron chi connectivity index (χ0n) is 11.1. The first-order valence-corrected chi connectivity index (χ1v) is 6.63. The number of oxazole rings is 1. The van der Waals surface area contributed by atoms with E-state index in [0.29, 0.717) is 12.0 Å². The zero-order valence-corrected chi connectivity index (χ0v) is 11.1. The minimum absolute atomic E-state index is 0.175. The van der Waals surface area contributed by atoms with Gasteiger partial charge in [-0.1, -0.05) is 13.8 Å². The third-order valence-corrected chi connectivity index (χ3v) is 2.83. The zero-order chi connectivity index (χ0) is 12.8. The number of aromatic nitrogens is 1. The van der Waals surface area contributed by atoms with Gasteiger partial charge in [-0.3, -0.25) is 0 Å². The van der Waals surface area contributed by atoms with Crippen molar-refractivity contribution >= 4 is 0 Å². The lowest BCUT2D eigenvalue weighted by Crippen LogP contribution is -2.26. The standard InChI is InChI=1S/C13H22N2O3/c1-10(2)7-14-8-11-9-17-13(15-11)18-12-3-5-16-6-4-12/h9-10,12,14H,3-8H2,1-2H3. The number of nitrogens with one attached hydrogen (secondary N) is 1. The Kier molecular flexibility index (Phi) is 5.01. The normalized spacial score (nSPS) is 17.3. The lowest BCUT2D eigenvalue weighted by molar-refractivity contribution is 0.0133. The molecule has 0 bridgehead atoms. The highest BCUT2D eigenvalue weighted by atomic mass is 16.6. The van der Waals surface area contributed by atoms with Gasteiger partial charge >= 0.3 is 6.08 Å². The molecule has 2 rings (SSSR count). The molecule has 102 valence electrons. The smallest absolute Gasteiger partial charge is 0.394 e. The summed E-state index contributed by atoms with van der Waals surface area (Å²) in [5.74, 6) is 0.634. The molecule has 5 heteroatoms. The van der Waals surface area contributed by atoms with Gasteiger partial charge in [-0.25, -0.2) is 0 Å². The molecule has 1 N–H and O–H groups in total. The predicted octanol–water partition coefficient (Wildman–Crippen LogP) is 1.98. The molecule has 1 aliphatic heterocycles. The molecule has 0 aliphatic carbocycles. The van der Waals surface area contributed by atoms with Gasteiger partial charge in [-0.05, 0) is 12.5 Å². The Labute approximate surface area is 108 Å². The van der Waals surface area contributed by atoms with Crippen LogP contribution >= 0.6 is 0 Å². The van der Waals surface area contributed by atoms with E-state index >= 15 is 0 Å². The summed E-state index contributed by atoms with van der Waals surface area (Å²) < 4.78 is 16.3. The molecule has 1 fully saturated rings. The van der Waals surface area contributed by atoms with E-state index in [-0.39, 0.29) is 6.10 Å². The molecule has 1 aromatic heterocycles. The highest BCUT2D eigenvalue weighted by Gasteiger charge is 2.17. The van der Waals surface area contributed by atoms with Crippen LogP contribution in [-0.2, 0) is 11.3 Å². The topological polar surface area (TPSA) is 56.5 Å². The fourth-order valence-electron chi connectivity index (χ4n) is 1.85. The molecular formula is C13H22N2O3. The Morgan fingerprint density at radius 2 is 2.22 bits per heavy atom. The molecule has 2 heterocycles. The van der Waals surface area contributed by atoms with Crippen LogP contribution in [0.15, 0.2) is 10.7 Å². The molecule has 0 amide bonds. The van der Waals surface area contributed by atoms with Gasteiger partial charge in [0.1, 0.15) is 12.4 Å². The van der Waals surface area contributed by atoms with Gasteiger partial charge in [0.2, 0.25) is 0 Å². The van der Waals surface area contributed by atoms with Crippen LogP contribution in [0.3, 0.4) is 0 Å². The minimum Gasteiger partial charge on any atom is -0.447 e. The van der Waals surface area contributed by atoms with E-state index in [9.17, 15) is 0 Å². The Balaban J connectivity index is 1.74. The molecule has 5 nitrogen and oxygen atoms in total. The van der Waals surface area contributed by atoms with Gasteiger partial charge in [-0.2, -0.15) is 4.98 Å². The van der Waals surface area contributed by atoms with Crippen molar-refractivity contribution in [2.75, 3.05) is 19.8 Å². The van der Waals surface area contributed by atoms with Gasteiger partial charge in [0.05, 0.1) is 18.9 Å². The Hall–Kier alpha value is -1.07. The van der Waals surface area contributed by atoms with Crippen molar-refractivity contribution in [2.24, 2.45) is 5.92 Å². The lowest BCUT2D eigenvalue weighted by Gasteiger charge is -2.20. The molecule has 0 spiro atoms. The predicted molar refractivity (Wildman–Crippen MR) is 67.5 cm³/mol. The first-order chi connectivity index (χ1) is 8.74. The third kappa shape index (κ3) is 4.31. The van der Waals surface area contributed by atoms with E-state index in [1.54, 1.807) is 6.26 Å². The summed E-state index contributed by atoms with van der Waals surface area (Å²) in [5, 5.41) is 3.32. The van der Waals surface area contributed by atoms with Crippen LogP contribution in [-0.4, -0.2) is 30.8 Å². The maximum absolute atomic E-state index is 5.68. The van der Waals surface area contributed by atoms with Crippen LogP contribution in [0.1, 0.15) is 32.4 Å². The Bertz CT molecular complexity index is 346. The molecule has 0 saturated carbocycles. The van der Waals surface area contributed by atoms with E-state index in [2.05, 4.69) is 24.1 Å². The second-order valence-electron chi connectivity index (χ2n) is 5.06. The maximum Gasteiger partial charge on any atom is 0.394 e. The van der Waals surface area contributed by atoms with E-state index in [1.165, 1.54) is 0 Å². The second-order valence-corrected chi connectivity index (χ2v) is 5.06. The van der Waals surface area contributed by atoms with Crippen LogP contribution in [0.5, 0.6) is 6.08 Å². The Morgan fingerprint density at radius 3 is 2.94 bits per heavy atom. The summed E-state index contributed by atoms with van der Waals surface area (Å²) in [7, 11) is 0. The average Bonchev–Trinajstić information content (AvgIpc) is 2.78. The molecule has 1 saturated heterocycles. The van der Waals surface area contributed by atoms with E-state index < -0.39 is 0 Å². The molecule has 1 aliphatic rings. The summed E-state index contributed by atoms with van der Waals surface area (Å²) in [4.78, 5) is 4.31. The summed E-state index contributed by atoms with van der Waals surface area (Å²) >= 11 is 0. The molecule has 0 radical (unpaired) electrons. The largest absolute Gasteiger partial charge is 0.447 e. The maximum atomic E-state index is 5.68. The fourth-order valence-corrected chi connectivity index (χ4v) is 1.85. The van der Waals surface area contributed by atoms with E-state index in [0.717, 1.165) is 44.8 Å². The van der Waals surface area contributed by atoms with Gasteiger partial charge in [0.25, 0.3) is 0 Å². The molecular weight excluding hydrogens is 232 g/mol. The van der Waals surface area contributed by atoms with E-state index in [4.69, 9.17) is 13.9 Å². The van der Waals surface area contributed by atoms with E-state index in [1.807, 2.05) is 0 Å². The molecule has 0 unspecified atom stereocenters. The number of hydrogen-bond donors (Lipinski definition) is 1. The molecule has 0 aromatic carbocycles. The highest BCUT2D eigenvalue weighted by molar-refractivity contribution is 5.00. The van der Waals surface area contributed by atoms with Crippen LogP contribution in [0.25, 0.3) is 0 Å². The summed E-state index contributed by atoms with van der Waals surface area (Å²) in [6.07, 6.45) is 4.02. The minimum atomic E-state index is 0.175. The number of ether oxygens (including phenoxy) is 2. The Morgan fingerprint density at radius 1 is 1.44 bits per heavy atom. The first kappa shape index (κ1) is 13.4. The fraction of sp³-hybridized carbons (Fsp3) is 0.769. The summed E-state index contributed by atoms with van der Waals surface area (Å²) in [6, 6.07) is 0. The van der Waals surface area contributed by atoms with Crippen molar-refractivity contribution in [3.63, 3.8) is 0 Å². The van der Waals surface area contributed by atoms with Crippen LogP contribution in [0.2, 0.25) is 0 Å². The monoisotopic (exact) mass is 254 g/mol. The third-order valence-electron chi connectivity index (χ3n) is 2.83. The SMILES string of the molecule is CC(C)CNCc1coc(OC2CCOCC2)n1. The van der Waals surface area contributed by atoms with Gasteiger partial charge in [-0.15, -0.1) is 0 Å². The van der Waals surface area contributed by atoms with Crippen LogP contribution < -0.4 is 10.1 Å². The van der Waals surface area contributed by atoms with Crippen molar-refractivity contribution < 1.29 is 13.9 Å². The van der Waals surface area contributed by atoms with Crippen molar-refractivity contribution in [3.8, 4) is 6.08 Å². The van der Waals surface area contributed by atoms with Crippen molar-refractivity contribution in [3.05, 3.63) is 12.0 Å². The summed E-state index contributed by atoms with van der Waals surface area (Å²) in [6.45, 7) is 7.56. The van der Waals surface area contributed by atoms with Gasteiger partial charge in [0, 0.05) is 19.4 Å². The molecule has 0 atom stereocenters. The van der Waals surface area contributed by atoms with Crippen LogP contribution in [0.4, 0.5) is 0 Å². The highest BCUT2D eigenvalue weighted by Crippen LogP contribution is 2.17. The van der Waals surface area contributed by atoms with Crippen LogP contribution in [0, 0.1) is 5.92 Å². The van der Waals surface area contributed by atoms with Crippen molar-refractivity contribution in [1.82, 2.24) is 10.3 Å². The quantitative estimate of drug-likeness (QED) is 0.841. The average molecular weight is 254 g/mol.